The van der Waals surface area contributed by atoms with Crippen molar-refractivity contribution in [1.29, 1.82) is 0 Å². The zero-order chi connectivity index (χ0) is 26.4. The Morgan fingerprint density at radius 1 is 0.946 bits per heavy atom. The summed E-state index contributed by atoms with van der Waals surface area (Å²) in [5, 5.41) is 5.55. The lowest BCUT2D eigenvalue weighted by molar-refractivity contribution is -0.120. The van der Waals surface area contributed by atoms with Gasteiger partial charge in [-0.1, -0.05) is 30.3 Å². The highest BCUT2D eigenvalue weighted by molar-refractivity contribution is 5.91. The zero-order valence-electron chi connectivity index (χ0n) is 20.1. The molecular weight excluding hydrogens is 479 g/mol. The molecule has 0 unspecified atom stereocenters. The van der Waals surface area contributed by atoms with Crippen LogP contribution in [0.25, 0.3) is 16.6 Å². The Hall–Kier alpha value is -4.57. The van der Waals surface area contributed by atoms with E-state index < -0.39 is 29.5 Å². The number of para-hydroxylation sites is 1. The van der Waals surface area contributed by atoms with Gasteiger partial charge in [0.2, 0.25) is 11.8 Å². The van der Waals surface area contributed by atoms with E-state index in [4.69, 9.17) is 4.74 Å². The molecule has 2 N–H and O–H groups in total. The van der Waals surface area contributed by atoms with Gasteiger partial charge in [0.1, 0.15) is 12.4 Å². The van der Waals surface area contributed by atoms with E-state index in [1.54, 1.807) is 55.6 Å². The quantitative estimate of drug-likeness (QED) is 0.340. The molecule has 0 aliphatic heterocycles. The third-order valence-electron chi connectivity index (χ3n) is 5.65. The number of benzene rings is 3. The molecule has 1 heterocycles. The van der Waals surface area contributed by atoms with Crippen LogP contribution in [-0.2, 0) is 27.3 Å². The lowest BCUT2D eigenvalue weighted by Crippen LogP contribution is -2.40. The van der Waals surface area contributed by atoms with Crippen molar-refractivity contribution < 1.29 is 18.7 Å². The van der Waals surface area contributed by atoms with Crippen LogP contribution in [-0.4, -0.2) is 41.2 Å². The van der Waals surface area contributed by atoms with Gasteiger partial charge in [0.05, 0.1) is 29.6 Å². The number of carbonyl (C=O) groups excluding carboxylic acids is 2. The second kappa shape index (κ2) is 11.4. The molecular formula is C27H25FN4O5. The van der Waals surface area contributed by atoms with Crippen molar-refractivity contribution in [3.05, 3.63) is 105 Å². The molecule has 2 amide bonds. The van der Waals surface area contributed by atoms with E-state index in [1.165, 1.54) is 28.8 Å². The summed E-state index contributed by atoms with van der Waals surface area (Å²) in [6.45, 7) is 0.407. The summed E-state index contributed by atoms with van der Waals surface area (Å²) >= 11 is 0. The monoisotopic (exact) mass is 504 g/mol. The first-order valence-electron chi connectivity index (χ1n) is 11.5. The first-order chi connectivity index (χ1) is 17.9. The maximum atomic E-state index is 13.5. The Balaban J connectivity index is 1.66. The minimum Gasteiger partial charge on any atom is -0.383 e. The number of halogens is 1. The van der Waals surface area contributed by atoms with Gasteiger partial charge in [0, 0.05) is 19.3 Å². The number of hydrogen-bond acceptors (Lipinski definition) is 5. The first kappa shape index (κ1) is 25.5. The second-order valence-corrected chi connectivity index (χ2v) is 8.27. The van der Waals surface area contributed by atoms with E-state index in [1.807, 2.05) is 0 Å². The highest BCUT2D eigenvalue weighted by atomic mass is 19.1. The van der Waals surface area contributed by atoms with Crippen molar-refractivity contribution in [3.63, 3.8) is 0 Å². The Bertz CT molecular complexity index is 1560. The minimum atomic E-state index is -0.705. The Kier molecular flexibility index (Phi) is 7.89. The summed E-state index contributed by atoms with van der Waals surface area (Å²) < 4.78 is 20.6. The van der Waals surface area contributed by atoms with E-state index in [2.05, 4.69) is 10.6 Å². The molecule has 0 fully saturated rings. The standard InChI is InChI=1S/C27H25FN4O5/c1-37-14-13-29-24(33)15-18-9-11-21(12-10-18)32-26(35)22-7-2-3-8-23(22)31(27(32)36)17-25(34)30-20-6-4-5-19(28)16-20/h2-12,16H,13-15,17H2,1H3,(H,29,33)(H,30,34). The van der Waals surface area contributed by atoms with Gasteiger partial charge in [0.25, 0.3) is 5.56 Å². The van der Waals surface area contributed by atoms with Crippen molar-refractivity contribution >= 4 is 28.4 Å². The molecule has 0 aliphatic rings. The first-order valence-corrected chi connectivity index (χ1v) is 11.5. The van der Waals surface area contributed by atoms with Crippen LogP contribution in [0.1, 0.15) is 5.56 Å². The SMILES string of the molecule is COCCNC(=O)Cc1ccc(-n2c(=O)c3ccccc3n(CC(=O)Nc3cccc(F)c3)c2=O)cc1. The number of nitrogens with one attached hydrogen (secondary N) is 2. The molecule has 9 nitrogen and oxygen atoms in total. The number of methoxy groups -OCH3 is 1. The van der Waals surface area contributed by atoms with Crippen LogP contribution in [0.3, 0.4) is 0 Å². The van der Waals surface area contributed by atoms with E-state index >= 15 is 0 Å². The molecule has 0 radical (unpaired) electrons. The largest absolute Gasteiger partial charge is 0.383 e. The number of rotatable bonds is 9. The number of amides is 2. The van der Waals surface area contributed by atoms with Crippen LogP contribution in [0.4, 0.5) is 10.1 Å². The summed E-state index contributed by atoms with van der Waals surface area (Å²) in [5.74, 6) is -1.25. The Morgan fingerprint density at radius 3 is 2.43 bits per heavy atom. The number of fused-ring (bicyclic) bond motifs is 1. The lowest BCUT2D eigenvalue weighted by Gasteiger charge is -2.14. The molecule has 0 saturated carbocycles. The van der Waals surface area contributed by atoms with E-state index in [0.29, 0.717) is 29.9 Å². The lowest BCUT2D eigenvalue weighted by atomic mass is 10.1. The maximum absolute atomic E-state index is 13.5. The van der Waals surface area contributed by atoms with Gasteiger partial charge in [-0.15, -0.1) is 0 Å². The molecule has 0 spiro atoms. The second-order valence-electron chi connectivity index (χ2n) is 8.27. The number of anilines is 1. The molecule has 10 heteroatoms. The van der Waals surface area contributed by atoms with Gasteiger partial charge in [-0.3, -0.25) is 19.0 Å². The molecule has 3 aromatic carbocycles. The Labute approximate surface area is 211 Å². The summed E-state index contributed by atoms with van der Waals surface area (Å²) in [7, 11) is 1.55. The van der Waals surface area contributed by atoms with Crippen LogP contribution in [0.2, 0.25) is 0 Å². The highest BCUT2D eigenvalue weighted by Crippen LogP contribution is 2.13. The third kappa shape index (κ3) is 5.99. The number of hydrogen-bond donors (Lipinski definition) is 2. The third-order valence-corrected chi connectivity index (χ3v) is 5.65. The summed E-state index contributed by atoms with van der Waals surface area (Å²) in [6.07, 6.45) is 0.126. The molecule has 0 saturated heterocycles. The number of ether oxygens (including phenoxy) is 1. The predicted octanol–water partition coefficient (Wildman–Crippen LogP) is 2.24. The zero-order valence-corrected chi connectivity index (χ0v) is 20.1. The van der Waals surface area contributed by atoms with Gasteiger partial charge in [-0.25, -0.2) is 13.8 Å². The molecule has 1 aromatic heterocycles. The molecule has 0 bridgehead atoms. The van der Waals surface area contributed by atoms with Gasteiger partial charge < -0.3 is 15.4 Å². The van der Waals surface area contributed by atoms with Crippen molar-refractivity contribution in [2.75, 3.05) is 25.6 Å². The summed E-state index contributed by atoms with van der Waals surface area (Å²) in [6, 6.07) is 18.4. The van der Waals surface area contributed by atoms with Crippen LogP contribution < -0.4 is 21.9 Å². The fourth-order valence-electron chi connectivity index (χ4n) is 3.92. The molecule has 4 rings (SSSR count). The van der Waals surface area contributed by atoms with Gasteiger partial charge in [-0.05, 0) is 48.0 Å². The topological polar surface area (TPSA) is 111 Å². The minimum absolute atomic E-state index is 0.126. The van der Waals surface area contributed by atoms with Crippen LogP contribution >= 0.6 is 0 Å². The normalized spacial score (nSPS) is 10.9. The van der Waals surface area contributed by atoms with Gasteiger partial charge in [-0.2, -0.15) is 0 Å². The van der Waals surface area contributed by atoms with E-state index in [9.17, 15) is 23.6 Å². The fraction of sp³-hybridized carbons (Fsp3) is 0.185. The smallest absolute Gasteiger partial charge is 0.336 e. The Morgan fingerprint density at radius 2 is 1.70 bits per heavy atom. The van der Waals surface area contributed by atoms with Crippen molar-refractivity contribution in [3.8, 4) is 5.69 Å². The maximum Gasteiger partial charge on any atom is 0.336 e. The average Bonchev–Trinajstić information content (AvgIpc) is 2.88. The van der Waals surface area contributed by atoms with Gasteiger partial charge >= 0.3 is 5.69 Å². The van der Waals surface area contributed by atoms with Crippen molar-refractivity contribution in [2.24, 2.45) is 0 Å². The fourth-order valence-corrected chi connectivity index (χ4v) is 3.92. The van der Waals surface area contributed by atoms with Gasteiger partial charge in [0.15, 0.2) is 0 Å². The number of carbonyl (C=O) groups is 2. The van der Waals surface area contributed by atoms with Crippen molar-refractivity contribution in [2.45, 2.75) is 13.0 Å². The molecule has 0 aliphatic carbocycles. The van der Waals surface area contributed by atoms with Crippen LogP contribution in [0.15, 0.2) is 82.4 Å². The molecule has 4 aromatic rings. The highest BCUT2D eigenvalue weighted by Gasteiger charge is 2.17. The summed E-state index contributed by atoms with van der Waals surface area (Å²) in [5.41, 5.74) is 0.298. The molecule has 37 heavy (non-hydrogen) atoms. The summed E-state index contributed by atoms with van der Waals surface area (Å²) in [4.78, 5) is 51.5. The van der Waals surface area contributed by atoms with Crippen LogP contribution in [0, 0.1) is 5.82 Å². The van der Waals surface area contributed by atoms with E-state index in [0.717, 1.165) is 4.57 Å². The number of nitrogens with zero attached hydrogens (tertiary/aromatic N) is 2. The van der Waals surface area contributed by atoms with E-state index in [-0.39, 0.29) is 23.4 Å². The average molecular weight is 505 g/mol. The van der Waals surface area contributed by atoms with Crippen LogP contribution in [0.5, 0.6) is 0 Å². The predicted molar refractivity (Wildman–Crippen MR) is 137 cm³/mol. The van der Waals surface area contributed by atoms with Crippen molar-refractivity contribution in [1.82, 2.24) is 14.5 Å². The number of aromatic nitrogens is 2. The molecule has 0 atom stereocenters. The molecule has 190 valence electrons.